The Labute approximate surface area is 103 Å². The number of amides is 2. The number of hydrogen-bond acceptors (Lipinski definition) is 3. The molecule has 0 aromatic heterocycles. The highest BCUT2D eigenvalue weighted by molar-refractivity contribution is 5.85. The number of carbonyl (C=O) groups excluding carboxylic acids is 2. The van der Waals surface area contributed by atoms with Gasteiger partial charge in [-0.15, -0.1) is 0 Å². The quantitative estimate of drug-likeness (QED) is 0.694. The third-order valence-corrected chi connectivity index (χ3v) is 3.12. The van der Waals surface area contributed by atoms with E-state index in [2.05, 4.69) is 17.6 Å². The van der Waals surface area contributed by atoms with Gasteiger partial charge in [0.25, 0.3) is 0 Å². The molecule has 0 aliphatic carbocycles. The summed E-state index contributed by atoms with van der Waals surface area (Å²) in [6, 6.07) is 0.329. The maximum atomic E-state index is 11.6. The van der Waals surface area contributed by atoms with Crippen molar-refractivity contribution in [2.24, 2.45) is 0 Å². The molecule has 0 bridgehead atoms. The number of likely N-dealkylation sites (tertiary alicyclic amines) is 1. The summed E-state index contributed by atoms with van der Waals surface area (Å²) in [5, 5.41) is 5.73. The lowest BCUT2D eigenvalue weighted by molar-refractivity contribution is -0.131. The van der Waals surface area contributed by atoms with Crippen LogP contribution < -0.4 is 10.6 Å². The molecular formula is C12H23N3O2. The van der Waals surface area contributed by atoms with Gasteiger partial charge in [0.15, 0.2) is 0 Å². The highest BCUT2D eigenvalue weighted by Gasteiger charge is 2.17. The zero-order valence-electron chi connectivity index (χ0n) is 10.8. The van der Waals surface area contributed by atoms with Crippen LogP contribution in [0.3, 0.4) is 0 Å². The Kier molecular flexibility index (Phi) is 5.97. The van der Waals surface area contributed by atoms with Crippen molar-refractivity contribution in [3.05, 3.63) is 0 Å². The normalized spacial score (nSPS) is 16.9. The molecule has 1 heterocycles. The van der Waals surface area contributed by atoms with E-state index in [-0.39, 0.29) is 24.9 Å². The summed E-state index contributed by atoms with van der Waals surface area (Å²) in [4.78, 5) is 24.9. The SMILES string of the molecule is CCC(C)NCC(=O)NCC(=O)N1CCCC1. The van der Waals surface area contributed by atoms with Crippen molar-refractivity contribution in [1.82, 2.24) is 15.5 Å². The summed E-state index contributed by atoms with van der Waals surface area (Å²) >= 11 is 0. The molecule has 0 aromatic carbocycles. The maximum absolute atomic E-state index is 11.6. The van der Waals surface area contributed by atoms with E-state index in [1.807, 2.05) is 11.8 Å². The van der Waals surface area contributed by atoms with Crippen LogP contribution in [-0.2, 0) is 9.59 Å². The standard InChI is InChI=1S/C12H23N3O2/c1-3-10(2)13-8-11(16)14-9-12(17)15-6-4-5-7-15/h10,13H,3-9H2,1-2H3,(H,14,16). The van der Waals surface area contributed by atoms with Gasteiger partial charge in [0.1, 0.15) is 0 Å². The van der Waals surface area contributed by atoms with Crippen molar-refractivity contribution in [3.63, 3.8) is 0 Å². The lowest BCUT2D eigenvalue weighted by Crippen LogP contribution is -2.43. The predicted molar refractivity (Wildman–Crippen MR) is 66.6 cm³/mol. The molecule has 1 saturated heterocycles. The van der Waals surface area contributed by atoms with Crippen molar-refractivity contribution in [2.45, 2.75) is 39.2 Å². The van der Waals surface area contributed by atoms with Crippen LogP contribution in [0.5, 0.6) is 0 Å². The molecule has 1 aliphatic heterocycles. The number of nitrogens with zero attached hydrogens (tertiary/aromatic N) is 1. The first-order chi connectivity index (χ1) is 8.13. The first-order valence-electron chi connectivity index (χ1n) is 6.41. The zero-order chi connectivity index (χ0) is 12.7. The molecule has 1 rings (SSSR count). The largest absolute Gasteiger partial charge is 0.346 e. The molecular weight excluding hydrogens is 218 g/mol. The van der Waals surface area contributed by atoms with Crippen LogP contribution in [0.2, 0.25) is 0 Å². The average Bonchev–Trinajstić information content (AvgIpc) is 2.86. The summed E-state index contributed by atoms with van der Waals surface area (Å²) in [7, 11) is 0. The molecule has 0 aromatic rings. The van der Waals surface area contributed by atoms with Gasteiger partial charge in [-0.2, -0.15) is 0 Å². The van der Waals surface area contributed by atoms with E-state index in [0.717, 1.165) is 32.4 Å². The molecule has 2 N–H and O–H groups in total. The van der Waals surface area contributed by atoms with E-state index < -0.39 is 0 Å². The van der Waals surface area contributed by atoms with E-state index >= 15 is 0 Å². The molecule has 1 atom stereocenters. The van der Waals surface area contributed by atoms with Gasteiger partial charge in [-0.3, -0.25) is 9.59 Å². The van der Waals surface area contributed by atoms with Crippen LogP contribution in [-0.4, -0.2) is 48.9 Å². The molecule has 0 radical (unpaired) electrons. The average molecular weight is 241 g/mol. The zero-order valence-corrected chi connectivity index (χ0v) is 10.8. The molecule has 1 fully saturated rings. The Hall–Kier alpha value is -1.10. The highest BCUT2D eigenvalue weighted by atomic mass is 16.2. The van der Waals surface area contributed by atoms with Gasteiger partial charge in [-0.25, -0.2) is 0 Å². The number of hydrogen-bond donors (Lipinski definition) is 2. The Morgan fingerprint density at radius 3 is 2.47 bits per heavy atom. The minimum atomic E-state index is -0.113. The molecule has 1 aliphatic rings. The molecule has 17 heavy (non-hydrogen) atoms. The molecule has 2 amide bonds. The molecule has 5 nitrogen and oxygen atoms in total. The van der Waals surface area contributed by atoms with E-state index in [0.29, 0.717) is 6.04 Å². The van der Waals surface area contributed by atoms with Crippen molar-refractivity contribution >= 4 is 11.8 Å². The molecule has 98 valence electrons. The van der Waals surface area contributed by atoms with Crippen molar-refractivity contribution in [1.29, 1.82) is 0 Å². The van der Waals surface area contributed by atoms with Crippen LogP contribution in [0.1, 0.15) is 33.1 Å². The minimum Gasteiger partial charge on any atom is -0.346 e. The molecule has 0 saturated carbocycles. The second kappa shape index (κ2) is 7.27. The van der Waals surface area contributed by atoms with Crippen LogP contribution in [0.25, 0.3) is 0 Å². The second-order valence-corrected chi connectivity index (χ2v) is 4.55. The van der Waals surface area contributed by atoms with Crippen LogP contribution in [0.4, 0.5) is 0 Å². The van der Waals surface area contributed by atoms with Gasteiger partial charge in [-0.1, -0.05) is 6.92 Å². The summed E-state index contributed by atoms with van der Waals surface area (Å²) in [5.74, 6) is -0.0859. The maximum Gasteiger partial charge on any atom is 0.241 e. The Balaban J connectivity index is 2.12. The molecule has 5 heteroatoms. The van der Waals surface area contributed by atoms with Gasteiger partial charge in [0.05, 0.1) is 13.1 Å². The van der Waals surface area contributed by atoms with Crippen molar-refractivity contribution in [2.75, 3.05) is 26.2 Å². The summed E-state index contributed by atoms with van der Waals surface area (Å²) in [6.07, 6.45) is 3.14. The fourth-order valence-corrected chi connectivity index (χ4v) is 1.73. The smallest absolute Gasteiger partial charge is 0.241 e. The number of nitrogens with one attached hydrogen (secondary N) is 2. The molecule has 0 spiro atoms. The van der Waals surface area contributed by atoms with Crippen LogP contribution >= 0.6 is 0 Å². The Bertz CT molecular complexity index is 262. The minimum absolute atomic E-state index is 0.0272. The third kappa shape index (κ3) is 5.17. The van der Waals surface area contributed by atoms with E-state index in [4.69, 9.17) is 0 Å². The van der Waals surface area contributed by atoms with Crippen molar-refractivity contribution < 1.29 is 9.59 Å². The Morgan fingerprint density at radius 1 is 1.24 bits per heavy atom. The molecule has 1 unspecified atom stereocenters. The van der Waals surface area contributed by atoms with Gasteiger partial charge in [0.2, 0.25) is 11.8 Å². The van der Waals surface area contributed by atoms with Gasteiger partial charge < -0.3 is 15.5 Å². The Morgan fingerprint density at radius 2 is 1.88 bits per heavy atom. The topological polar surface area (TPSA) is 61.4 Å². The summed E-state index contributed by atoms with van der Waals surface area (Å²) in [6.45, 7) is 6.16. The van der Waals surface area contributed by atoms with Crippen LogP contribution in [0, 0.1) is 0 Å². The first kappa shape index (κ1) is 14.0. The first-order valence-corrected chi connectivity index (χ1v) is 6.41. The second-order valence-electron chi connectivity index (χ2n) is 4.55. The summed E-state index contributed by atoms with van der Waals surface area (Å²) < 4.78 is 0. The van der Waals surface area contributed by atoms with E-state index in [9.17, 15) is 9.59 Å². The number of carbonyl (C=O) groups is 2. The third-order valence-electron chi connectivity index (χ3n) is 3.12. The van der Waals surface area contributed by atoms with Gasteiger partial charge in [-0.05, 0) is 26.2 Å². The lowest BCUT2D eigenvalue weighted by atomic mass is 10.2. The van der Waals surface area contributed by atoms with E-state index in [1.54, 1.807) is 0 Å². The van der Waals surface area contributed by atoms with E-state index in [1.165, 1.54) is 0 Å². The predicted octanol–water partition coefficient (Wildman–Crippen LogP) is 0.113. The van der Waals surface area contributed by atoms with Crippen molar-refractivity contribution in [3.8, 4) is 0 Å². The monoisotopic (exact) mass is 241 g/mol. The fourth-order valence-electron chi connectivity index (χ4n) is 1.73. The van der Waals surface area contributed by atoms with Gasteiger partial charge >= 0.3 is 0 Å². The summed E-state index contributed by atoms with van der Waals surface area (Å²) in [5.41, 5.74) is 0. The lowest BCUT2D eigenvalue weighted by Gasteiger charge is -2.16. The fraction of sp³-hybridized carbons (Fsp3) is 0.833. The van der Waals surface area contributed by atoms with Gasteiger partial charge in [0, 0.05) is 19.1 Å². The highest BCUT2D eigenvalue weighted by Crippen LogP contribution is 2.06. The number of rotatable bonds is 6. The van der Waals surface area contributed by atoms with Crippen LogP contribution in [0.15, 0.2) is 0 Å².